The summed E-state index contributed by atoms with van der Waals surface area (Å²) in [5.74, 6) is 0. The summed E-state index contributed by atoms with van der Waals surface area (Å²) in [6.45, 7) is 5.48. The topological polar surface area (TPSA) is 90.2 Å². The van der Waals surface area contributed by atoms with E-state index in [2.05, 4.69) is 0 Å². The summed E-state index contributed by atoms with van der Waals surface area (Å²) in [5.41, 5.74) is 0.504. The maximum Gasteiger partial charge on any atom is 0.631 e. The molecule has 0 spiro atoms. The zero-order chi connectivity index (χ0) is 21.0. The summed E-state index contributed by atoms with van der Waals surface area (Å²) in [7, 11) is -2.17. The molecule has 150 valence electrons. The minimum atomic E-state index is -2.17. The Balaban J connectivity index is 0.000000892. The van der Waals surface area contributed by atoms with Crippen LogP contribution in [0.15, 0.2) is 73.0 Å². The highest BCUT2D eigenvalue weighted by molar-refractivity contribution is 6.30. The van der Waals surface area contributed by atoms with Gasteiger partial charge in [0.25, 0.3) is 0 Å². The Morgan fingerprint density at radius 3 is 1.68 bits per heavy atom. The molecule has 0 bridgehead atoms. The SMILES string of the molecule is CC(C)(O)C(C)(CC=Cc1ccccc1)OC=Cc1ccccc1.OB(O)O. The highest BCUT2D eigenvalue weighted by Crippen LogP contribution is 2.30. The highest BCUT2D eigenvalue weighted by Gasteiger charge is 2.40. The average molecular weight is 384 g/mol. The van der Waals surface area contributed by atoms with E-state index in [9.17, 15) is 5.11 Å². The lowest BCUT2D eigenvalue weighted by molar-refractivity contribution is -0.122. The fourth-order valence-electron chi connectivity index (χ4n) is 2.25. The monoisotopic (exact) mass is 384 g/mol. The number of rotatable bonds is 7. The summed E-state index contributed by atoms with van der Waals surface area (Å²) in [5, 5.41) is 32.0. The molecule has 0 aliphatic rings. The lowest BCUT2D eigenvalue weighted by Gasteiger charge is -2.39. The molecule has 0 saturated carbocycles. The first-order chi connectivity index (χ1) is 13.1. The van der Waals surface area contributed by atoms with Crippen molar-refractivity contribution in [3.63, 3.8) is 0 Å². The van der Waals surface area contributed by atoms with Crippen molar-refractivity contribution in [3.05, 3.63) is 84.1 Å². The molecule has 1 unspecified atom stereocenters. The van der Waals surface area contributed by atoms with Crippen LogP contribution in [-0.2, 0) is 4.74 Å². The fourth-order valence-corrected chi connectivity index (χ4v) is 2.25. The molecule has 2 aromatic rings. The zero-order valence-corrected chi connectivity index (χ0v) is 16.6. The smallest absolute Gasteiger partial charge is 0.492 e. The summed E-state index contributed by atoms with van der Waals surface area (Å²) in [4.78, 5) is 0. The Morgan fingerprint density at radius 1 is 0.821 bits per heavy atom. The Hall–Kier alpha value is -2.38. The van der Waals surface area contributed by atoms with Crippen LogP contribution >= 0.6 is 0 Å². The van der Waals surface area contributed by atoms with E-state index in [1.165, 1.54) is 0 Å². The summed E-state index contributed by atoms with van der Waals surface area (Å²) in [6.07, 6.45) is 8.27. The molecule has 4 N–H and O–H groups in total. The molecular weight excluding hydrogens is 355 g/mol. The summed E-state index contributed by atoms with van der Waals surface area (Å²) >= 11 is 0. The molecule has 0 radical (unpaired) electrons. The predicted octanol–water partition coefficient (Wildman–Crippen LogP) is 3.26. The maximum atomic E-state index is 10.5. The van der Waals surface area contributed by atoms with Crippen LogP contribution in [0.2, 0.25) is 0 Å². The van der Waals surface area contributed by atoms with Crippen molar-refractivity contribution in [1.82, 2.24) is 0 Å². The molecule has 5 nitrogen and oxygen atoms in total. The van der Waals surface area contributed by atoms with Crippen molar-refractivity contribution in [2.45, 2.75) is 38.4 Å². The van der Waals surface area contributed by atoms with Crippen molar-refractivity contribution in [1.29, 1.82) is 0 Å². The first kappa shape index (κ1) is 23.7. The van der Waals surface area contributed by atoms with E-state index < -0.39 is 18.5 Å². The molecule has 0 aliphatic heterocycles. The van der Waals surface area contributed by atoms with Crippen LogP contribution in [0.4, 0.5) is 0 Å². The molecule has 0 aliphatic carbocycles. The molecule has 6 heteroatoms. The molecule has 0 fully saturated rings. The summed E-state index contributed by atoms with van der Waals surface area (Å²) in [6, 6.07) is 20.1. The van der Waals surface area contributed by atoms with Crippen molar-refractivity contribution in [2.24, 2.45) is 0 Å². The van der Waals surface area contributed by atoms with Gasteiger partial charge in [-0.1, -0.05) is 72.8 Å². The van der Waals surface area contributed by atoms with E-state index in [0.29, 0.717) is 6.42 Å². The third kappa shape index (κ3) is 9.02. The fraction of sp³-hybridized carbons (Fsp3) is 0.273. The molecule has 28 heavy (non-hydrogen) atoms. The second kappa shape index (κ2) is 11.5. The Kier molecular flexibility index (Phi) is 9.69. The van der Waals surface area contributed by atoms with E-state index in [1.807, 2.05) is 85.8 Å². The second-order valence-electron chi connectivity index (χ2n) is 6.98. The Labute approximate surface area is 167 Å². The van der Waals surface area contributed by atoms with Gasteiger partial charge in [-0.15, -0.1) is 0 Å². The van der Waals surface area contributed by atoms with E-state index >= 15 is 0 Å². The van der Waals surface area contributed by atoms with Crippen LogP contribution in [0.25, 0.3) is 12.2 Å². The van der Waals surface area contributed by atoms with Crippen LogP contribution in [0.1, 0.15) is 38.3 Å². The highest BCUT2D eigenvalue weighted by atomic mass is 16.5. The molecule has 0 amide bonds. The number of ether oxygens (including phenoxy) is 1. The standard InChI is InChI=1S/C22H26O2.BH3O3/c1-21(2,23)22(3,17-10-15-19-11-6-4-7-12-19)24-18-16-20-13-8-5-9-14-20;2-1(3)4/h4-16,18,23H,17H2,1-3H3;2-4H. The molecular formula is C22H29BO5. The molecule has 0 saturated heterocycles. The molecule has 1 atom stereocenters. The van der Waals surface area contributed by atoms with Crippen molar-refractivity contribution < 1.29 is 24.9 Å². The van der Waals surface area contributed by atoms with Gasteiger partial charge in [-0.25, -0.2) is 0 Å². The number of hydrogen-bond donors (Lipinski definition) is 4. The minimum absolute atomic E-state index is 0.602. The predicted molar refractivity (Wildman–Crippen MR) is 114 cm³/mol. The van der Waals surface area contributed by atoms with E-state index in [4.69, 9.17) is 19.8 Å². The summed E-state index contributed by atoms with van der Waals surface area (Å²) < 4.78 is 5.95. The van der Waals surface area contributed by atoms with Crippen LogP contribution in [0, 0.1) is 0 Å². The van der Waals surface area contributed by atoms with Crippen molar-refractivity contribution in [2.75, 3.05) is 0 Å². The van der Waals surface area contributed by atoms with Gasteiger partial charge in [-0.2, -0.15) is 0 Å². The van der Waals surface area contributed by atoms with Gasteiger partial charge in [-0.3, -0.25) is 0 Å². The van der Waals surface area contributed by atoms with Crippen molar-refractivity contribution >= 4 is 19.5 Å². The minimum Gasteiger partial charge on any atom is -0.492 e. The van der Waals surface area contributed by atoms with Gasteiger partial charge in [0.15, 0.2) is 0 Å². The van der Waals surface area contributed by atoms with Gasteiger partial charge in [-0.05, 0) is 38.0 Å². The van der Waals surface area contributed by atoms with Gasteiger partial charge in [0.2, 0.25) is 0 Å². The molecule has 2 rings (SSSR count). The molecule has 2 aromatic carbocycles. The van der Waals surface area contributed by atoms with Gasteiger partial charge in [0.05, 0.1) is 11.9 Å². The third-order valence-electron chi connectivity index (χ3n) is 4.30. The van der Waals surface area contributed by atoms with E-state index in [-0.39, 0.29) is 0 Å². The third-order valence-corrected chi connectivity index (χ3v) is 4.30. The first-order valence-electron chi connectivity index (χ1n) is 9.02. The van der Waals surface area contributed by atoms with Gasteiger partial charge < -0.3 is 24.9 Å². The average Bonchev–Trinajstić information content (AvgIpc) is 2.62. The van der Waals surface area contributed by atoms with Gasteiger partial charge >= 0.3 is 7.32 Å². The van der Waals surface area contributed by atoms with Crippen LogP contribution in [-0.4, -0.2) is 38.7 Å². The quantitative estimate of drug-likeness (QED) is 0.435. The van der Waals surface area contributed by atoms with Crippen LogP contribution in [0.3, 0.4) is 0 Å². The Morgan fingerprint density at radius 2 is 1.25 bits per heavy atom. The first-order valence-corrected chi connectivity index (χ1v) is 9.02. The Bertz CT molecular complexity index is 667. The zero-order valence-electron chi connectivity index (χ0n) is 16.6. The largest absolute Gasteiger partial charge is 0.631 e. The maximum absolute atomic E-state index is 10.5. The van der Waals surface area contributed by atoms with Crippen LogP contribution in [0.5, 0.6) is 0 Å². The second-order valence-corrected chi connectivity index (χ2v) is 6.98. The number of aliphatic hydroxyl groups is 1. The number of hydrogen-bond acceptors (Lipinski definition) is 5. The molecule has 0 aromatic heterocycles. The van der Waals surface area contributed by atoms with Crippen LogP contribution < -0.4 is 0 Å². The lowest BCUT2D eigenvalue weighted by atomic mass is 9.84. The lowest BCUT2D eigenvalue weighted by Crippen LogP contribution is -2.48. The van der Waals surface area contributed by atoms with Gasteiger partial charge in [0, 0.05) is 6.42 Å². The van der Waals surface area contributed by atoms with Gasteiger partial charge in [0.1, 0.15) is 5.60 Å². The van der Waals surface area contributed by atoms with E-state index in [1.54, 1.807) is 20.1 Å². The van der Waals surface area contributed by atoms with Crippen molar-refractivity contribution in [3.8, 4) is 0 Å². The van der Waals surface area contributed by atoms with E-state index in [0.717, 1.165) is 11.1 Å². The number of benzene rings is 2. The molecule has 0 heterocycles. The normalized spacial score (nSPS) is 13.7.